The summed E-state index contributed by atoms with van der Waals surface area (Å²) in [7, 11) is 0. The van der Waals surface area contributed by atoms with E-state index in [1.54, 1.807) is 0 Å². The van der Waals surface area contributed by atoms with Gasteiger partial charge in [-0.25, -0.2) is 0 Å². The molecule has 1 unspecified atom stereocenters. The monoisotopic (exact) mass is 286 g/mol. The number of hydrogen-bond acceptors (Lipinski definition) is 2. The van der Waals surface area contributed by atoms with E-state index in [1.165, 1.54) is 0 Å². The Morgan fingerprint density at radius 2 is 1.76 bits per heavy atom. The van der Waals surface area contributed by atoms with Gasteiger partial charge in [-0.2, -0.15) is 0 Å². The summed E-state index contributed by atoms with van der Waals surface area (Å²) >= 11 is 0. The third-order valence-corrected chi connectivity index (χ3v) is 4.80. The van der Waals surface area contributed by atoms with Crippen LogP contribution in [0.3, 0.4) is 0 Å². The quantitative estimate of drug-likeness (QED) is 0.924. The van der Waals surface area contributed by atoms with E-state index in [2.05, 4.69) is 5.32 Å². The summed E-state index contributed by atoms with van der Waals surface area (Å²) in [5, 5.41) is 3.01. The average molecular weight is 286 g/mol. The molecule has 2 fully saturated rings. The van der Waals surface area contributed by atoms with Gasteiger partial charge in [-0.15, -0.1) is 0 Å². The van der Waals surface area contributed by atoms with Crippen molar-refractivity contribution in [2.24, 2.45) is 0 Å². The lowest BCUT2D eigenvalue weighted by atomic mass is 9.85. The van der Waals surface area contributed by atoms with Crippen LogP contribution in [0.5, 0.6) is 0 Å². The number of hydrogen-bond donors (Lipinski definition) is 1. The fraction of sp³-hybridized carbons (Fsp3) is 0.529. The third-order valence-electron chi connectivity index (χ3n) is 4.80. The van der Waals surface area contributed by atoms with Crippen LogP contribution in [0, 0.1) is 0 Å². The first-order valence-electron chi connectivity index (χ1n) is 7.82. The van der Waals surface area contributed by atoms with E-state index >= 15 is 0 Å². The van der Waals surface area contributed by atoms with Crippen molar-refractivity contribution in [1.29, 1.82) is 0 Å². The standard InChI is InChI=1S/C17H22N2O2/c1-3-17(4-2)16(21)19(13-10-11-13)14(15(20)18-17)12-8-6-5-7-9-12/h5-9,13-14H,3-4,10-11H2,1-2H3,(H,18,20). The Balaban J connectivity index is 2.02. The first-order chi connectivity index (χ1) is 10.1. The second-order valence-electron chi connectivity index (χ2n) is 6.04. The van der Waals surface area contributed by atoms with Gasteiger partial charge in [-0.1, -0.05) is 44.2 Å². The molecule has 2 amide bonds. The lowest BCUT2D eigenvalue weighted by Gasteiger charge is -2.46. The highest BCUT2D eigenvalue weighted by Gasteiger charge is 2.53. The number of nitrogens with one attached hydrogen (secondary N) is 1. The van der Waals surface area contributed by atoms with Gasteiger partial charge in [-0.05, 0) is 31.2 Å². The van der Waals surface area contributed by atoms with Crippen LogP contribution in [0.15, 0.2) is 30.3 Å². The van der Waals surface area contributed by atoms with Crippen molar-refractivity contribution >= 4 is 11.8 Å². The molecule has 1 aromatic carbocycles. The zero-order chi connectivity index (χ0) is 15.0. The number of piperazine rings is 1. The molecule has 2 aliphatic rings. The summed E-state index contributed by atoms with van der Waals surface area (Å²) in [6.45, 7) is 3.94. The molecule has 1 saturated carbocycles. The van der Waals surface area contributed by atoms with Crippen LogP contribution in [0.2, 0.25) is 0 Å². The second kappa shape index (κ2) is 5.17. The van der Waals surface area contributed by atoms with Crippen molar-refractivity contribution in [3.63, 3.8) is 0 Å². The van der Waals surface area contributed by atoms with Gasteiger partial charge >= 0.3 is 0 Å². The molecular formula is C17H22N2O2. The summed E-state index contributed by atoms with van der Waals surface area (Å²) in [6.07, 6.45) is 3.29. The molecule has 1 aromatic rings. The molecule has 1 atom stereocenters. The van der Waals surface area contributed by atoms with Gasteiger partial charge in [0.15, 0.2) is 0 Å². The zero-order valence-corrected chi connectivity index (χ0v) is 12.6. The Kier molecular flexibility index (Phi) is 3.47. The van der Waals surface area contributed by atoms with Gasteiger partial charge in [0.05, 0.1) is 0 Å². The first-order valence-corrected chi connectivity index (χ1v) is 7.82. The molecule has 1 aliphatic heterocycles. The van der Waals surface area contributed by atoms with Crippen molar-refractivity contribution < 1.29 is 9.59 Å². The van der Waals surface area contributed by atoms with Crippen LogP contribution in [0.25, 0.3) is 0 Å². The van der Waals surface area contributed by atoms with Crippen LogP contribution in [0.4, 0.5) is 0 Å². The number of nitrogens with zero attached hydrogens (tertiary/aromatic N) is 1. The lowest BCUT2D eigenvalue weighted by molar-refractivity contribution is -0.156. The summed E-state index contributed by atoms with van der Waals surface area (Å²) < 4.78 is 0. The van der Waals surface area contributed by atoms with E-state index in [9.17, 15) is 9.59 Å². The lowest BCUT2D eigenvalue weighted by Crippen LogP contribution is -2.67. The minimum atomic E-state index is -0.717. The number of rotatable bonds is 4. The van der Waals surface area contributed by atoms with E-state index in [0.717, 1.165) is 18.4 Å². The summed E-state index contributed by atoms with van der Waals surface area (Å²) in [6, 6.07) is 9.37. The van der Waals surface area contributed by atoms with Crippen LogP contribution in [-0.2, 0) is 9.59 Å². The highest BCUT2D eigenvalue weighted by molar-refractivity contribution is 6.00. The topological polar surface area (TPSA) is 49.4 Å². The van der Waals surface area contributed by atoms with Crippen LogP contribution >= 0.6 is 0 Å². The summed E-state index contributed by atoms with van der Waals surface area (Å²) in [4.78, 5) is 27.6. The molecule has 1 saturated heterocycles. The van der Waals surface area contributed by atoms with Crippen molar-refractivity contribution in [2.75, 3.05) is 0 Å². The Bertz CT molecular complexity index is 547. The van der Waals surface area contributed by atoms with Gasteiger partial charge in [-0.3, -0.25) is 9.59 Å². The molecule has 0 spiro atoms. The smallest absolute Gasteiger partial charge is 0.249 e. The number of benzene rings is 1. The fourth-order valence-corrected chi connectivity index (χ4v) is 3.25. The molecule has 21 heavy (non-hydrogen) atoms. The number of carbonyl (C=O) groups excluding carboxylic acids is 2. The molecule has 3 rings (SSSR count). The minimum Gasteiger partial charge on any atom is -0.340 e. The fourth-order valence-electron chi connectivity index (χ4n) is 3.25. The van der Waals surface area contributed by atoms with E-state index in [1.807, 2.05) is 49.1 Å². The molecule has 4 nitrogen and oxygen atoms in total. The van der Waals surface area contributed by atoms with Gasteiger partial charge in [0.1, 0.15) is 11.6 Å². The molecule has 0 bridgehead atoms. The summed E-state index contributed by atoms with van der Waals surface area (Å²) in [5.41, 5.74) is 0.182. The van der Waals surface area contributed by atoms with Crippen LogP contribution in [0.1, 0.15) is 51.1 Å². The van der Waals surface area contributed by atoms with E-state index in [4.69, 9.17) is 0 Å². The predicted molar refractivity (Wildman–Crippen MR) is 80.5 cm³/mol. The van der Waals surface area contributed by atoms with Crippen molar-refractivity contribution in [2.45, 2.75) is 57.2 Å². The van der Waals surface area contributed by atoms with E-state index in [0.29, 0.717) is 12.8 Å². The van der Waals surface area contributed by atoms with Gasteiger partial charge < -0.3 is 10.2 Å². The van der Waals surface area contributed by atoms with Gasteiger partial charge in [0.25, 0.3) is 0 Å². The number of carbonyl (C=O) groups is 2. The Morgan fingerprint density at radius 1 is 1.14 bits per heavy atom. The molecule has 112 valence electrons. The molecule has 1 N–H and O–H groups in total. The molecular weight excluding hydrogens is 264 g/mol. The van der Waals surface area contributed by atoms with E-state index in [-0.39, 0.29) is 17.9 Å². The summed E-state index contributed by atoms with van der Waals surface area (Å²) in [5.74, 6) is 0.0415. The van der Waals surface area contributed by atoms with Crippen LogP contribution in [-0.4, -0.2) is 28.3 Å². The SMILES string of the molecule is CCC1(CC)NC(=O)C(c2ccccc2)N(C2CC2)C1=O. The maximum Gasteiger partial charge on any atom is 0.249 e. The molecule has 4 heteroatoms. The third kappa shape index (κ3) is 2.23. The minimum absolute atomic E-state index is 0.0450. The van der Waals surface area contributed by atoms with Gasteiger partial charge in [0.2, 0.25) is 11.8 Å². The highest BCUT2D eigenvalue weighted by Crippen LogP contribution is 2.40. The van der Waals surface area contributed by atoms with Crippen molar-refractivity contribution in [1.82, 2.24) is 10.2 Å². The maximum absolute atomic E-state index is 13.0. The largest absolute Gasteiger partial charge is 0.340 e. The van der Waals surface area contributed by atoms with E-state index < -0.39 is 11.6 Å². The number of amides is 2. The molecule has 1 aliphatic carbocycles. The molecule has 0 aromatic heterocycles. The van der Waals surface area contributed by atoms with Crippen molar-refractivity contribution in [3.8, 4) is 0 Å². The zero-order valence-electron chi connectivity index (χ0n) is 12.6. The average Bonchev–Trinajstić information content (AvgIpc) is 3.34. The highest BCUT2D eigenvalue weighted by atomic mass is 16.2. The Labute approximate surface area is 125 Å². The normalized spacial score (nSPS) is 24.9. The Hall–Kier alpha value is -1.84. The van der Waals surface area contributed by atoms with Gasteiger partial charge in [0, 0.05) is 6.04 Å². The van der Waals surface area contributed by atoms with Crippen LogP contribution < -0.4 is 5.32 Å². The predicted octanol–water partition coefficient (Wildman–Crippen LogP) is 2.41. The second-order valence-corrected chi connectivity index (χ2v) is 6.04. The molecule has 1 heterocycles. The maximum atomic E-state index is 13.0. The first kappa shape index (κ1) is 14.1. The Morgan fingerprint density at radius 3 is 2.29 bits per heavy atom. The molecule has 0 radical (unpaired) electrons. The van der Waals surface area contributed by atoms with Crippen molar-refractivity contribution in [3.05, 3.63) is 35.9 Å².